The molecule has 6 nitrogen and oxygen atoms in total. The van der Waals surface area contributed by atoms with Gasteiger partial charge in [0.1, 0.15) is 11.6 Å². The smallest absolute Gasteiger partial charge is 0.258 e. The number of pyridine rings is 1. The molecule has 0 aliphatic carbocycles. The van der Waals surface area contributed by atoms with Crippen molar-refractivity contribution in [2.75, 3.05) is 44.7 Å². The molecule has 1 amide bonds. The summed E-state index contributed by atoms with van der Waals surface area (Å²) in [6.45, 7) is 4.50. The van der Waals surface area contributed by atoms with Gasteiger partial charge < -0.3 is 19.9 Å². The number of likely N-dealkylation sites (N-methyl/N-ethyl adjacent to an activating group) is 1. The highest BCUT2D eigenvalue weighted by Crippen LogP contribution is 2.21. The fourth-order valence-corrected chi connectivity index (χ4v) is 3.75. The van der Waals surface area contributed by atoms with Crippen LogP contribution < -0.4 is 15.0 Å². The van der Waals surface area contributed by atoms with E-state index in [1.807, 2.05) is 60.8 Å². The number of rotatable bonds is 8. The van der Waals surface area contributed by atoms with E-state index in [1.165, 1.54) is 5.56 Å². The number of nitrogens with zero attached hydrogens (tertiary/aromatic N) is 3. The van der Waals surface area contributed by atoms with Crippen LogP contribution in [0, 0.1) is 0 Å². The zero-order chi connectivity index (χ0) is 22.2. The molecular weight excluding hydrogens is 400 g/mol. The predicted octanol–water partition coefficient (Wildman–Crippen LogP) is 3.12. The molecule has 1 aromatic heterocycles. The fourth-order valence-electron chi connectivity index (χ4n) is 3.75. The number of amides is 1. The number of hydrogen-bond donors (Lipinski definition) is 1. The van der Waals surface area contributed by atoms with Crippen molar-refractivity contribution < 1.29 is 9.53 Å². The normalized spacial score (nSPS) is 14.2. The molecule has 1 saturated heterocycles. The number of aromatic nitrogens is 1. The van der Waals surface area contributed by atoms with Crippen molar-refractivity contribution in [3.63, 3.8) is 0 Å². The number of carbonyl (C=O) groups is 1. The van der Waals surface area contributed by atoms with E-state index < -0.39 is 0 Å². The minimum absolute atomic E-state index is 0.0153. The lowest BCUT2D eigenvalue weighted by Crippen LogP contribution is -2.44. The second-order valence-corrected chi connectivity index (χ2v) is 8.15. The number of para-hydroxylation sites is 1. The topological polar surface area (TPSA) is 57.7 Å². The highest BCUT2D eigenvalue weighted by atomic mass is 16.5. The van der Waals surface area contributed by atoms with E-state index in [1.54, 1.807) is 0 Å². The molecule has 2 heterocycles. The molecule has 3 aromatic rings. The lowest BCUT2D eigenvalue weighted by molar-refractivity contribution is -0.123. The molecule has 0 radical (unpaired) electrons. The van der Waals surface area contributed by atoms with Gasteiger partial charge in [0.25, 0.3) is 5.91 Å². The summed E-state index contributed by atoms with van der Waals surface area (Å²) in [6.07, 6.45) is 2.61. The molecule has 1 fully saturated rings. The summed E-state index contributed by atoms with van der Waals surface area (Å²) in [5, 5.41) is 2.92. The van der Waals surface area contributed by atoms with Crippen molar-refractivity contribution in [3.05, 3.63) is 89.6 Å². The van der Waals surface area contributed by atoms with E-state index >= 15 is 0 Å². The lowest BCUT2D eigenvalue weighted by atomic mass is 10.0. The minimum atomic E-state index is -0.150. The summed E-state index contributed by atoms with van der Waals surface area (Å²) in [4.78, 5) is 21.5. The van der Waals surface area contributed by atoms with Gasteiger partial charge in [-0.15, -0.1) is 0 Å². The molecule has 0 spiro atoms. The third-order valence-corrected chi connectivity index (χ3v) is 5.69. The minimum Gasteiger partial charge on any atom is -0.483 e. The first-order chi connectivity index (χ1) is 15.7. The Kier molecular flexibility index (Phi) is 7.35. The molecule has 32 heavy (non-hydrogen) atoms. The molecule has 1 aliphatic heterocycles. The van der Waals surface area contributed by atoms with Gasteiger partial charge in [-0.25, -0.2) is 4.98 Å². The Labute approximate surface area is 189 Å². The van der Waals surface area contributed by atoms with E-state index in [2.05, 4.69) is 39.3 Å². The summed E-state index contributed by atoms with van der Waals surface area (Å²) < 4.78 is 5.83. The van der Waals surface area contributed by atoms with Gasteiger partial charge in [0.05, 0.1) is 0 Å². The monoisotopic (exact) mass is 430 g/mol. The first kappa shape index (κ1) is 21.8. The number of piperazine rings is 1. The Balaban J connectivity index is 1.25. The summed E-state index contributed by atoms with van der Waals surface area (Å²) in [5.74, 6) is 1.58. The Morgan fingerprint density at radius 3 is 2.44 bits per heavy atom. The van der Waals surface area contributed by atoms with Crippen LogP contribution in [0.15, 0.2) is 72.9 Å². The first-order valence-electron chi connectivity index (χ1n) is 11.1. The summed E-state index contributed by atoms with van der Waals surface area (Å²) in [5.41, 5.74) is 3.25. The van der Waals surface area contributed by atoms with Crippen LogP contribution in [0.4, 0.5) is 5.82 Å². The van der Waals surface area contributed by atoms with Crippen molar-refractivity contribution >= 4 is 11.7 Å². The third-order valence-electron chi connectivity index (χ3n) is 5.69. The van der Waals surface area contributed by atoms with E-state index in [4.69, 9.17) is 4.74 Å². The summed E-state index contributed by atoms with van der Waals surface area (Å²) >= 11 is 0. The van der Waals surface area contributed by atoms with Gasteiger partial charge in [-0.05, 0) is 35.9 Å². The van der Waals surface area contributed by atoms with Gasteiger partial charge in [-0.2, -0.15) is 0 Å². The summed E-state index contributed by atoms with van der Waals surface area (Å²) in [6, 6.07) is 22.2. The van der Waals surface area contributed by atoms with Gasteiger partial charge >= 0.3 is 0 Å². The average molecular weight is 431 g/mol. The van der Waals surface area contributed by atoms with Crippen molar-refractivity contribution in [2.24, 2.45) is 0 Å². The van der Waals surface area contributed by atoms with Gasteiger partial charge in [-0.3, -0.25) is 4.79 Å². The van der Waals surface area contributed by atoms with Crippen LogP contribution in [0.5, 0.6) is 5.75 Å². The SMILES string of the molecule is CN1CCN(c2ccc(CNC(=O)COc3ccccc3Cc3ccccc3)cn2)CC1. The number of benzene rings is 2. The summed E-state index contributed by atoms with van der Waals surface area (Å²) in [7, 11) is 2.14. The van der Waals surface area contributed by atoms with Gasteiger partial charge in [-0.1, -0.05) is 54.6 Å². The van der Waals surface area contributed by atoms with E-state index in [0.717, 1.165) is 55.3 Å². The maximum Gasteiger partial charge on any atom is 0.258 e. The molecule has 4 rings (SSSR count). The predicted molar refractivity (Wildman–Crippen MR) is 127 cm³/mol. The van der Waals surface area contributed by atoms with Crippen LogP contribution >= 0.6 is 0 Å². The maximum absolute atomic E-state index is 12.3. The van der Waals surface area contributed by atoms with Crippen LogP contribution in [0.25, 0.3) is 0 Å². The molecule has 1 N–H and O–H groups in total. The van der Waals surface area contributed by atoms with Crippen molar-refractivity contribution in [1.29, 1.82) is 0 Å². The highest BCUT2D eigenvalue weighted by molar-refractivity contribution is 5.77. The molecule has 0 atom stereocenters. The molecular formula is C26H30N4O2. The van der Waals surface area contributed by atoms with E-state index in [-0.39, 0.29) is 12.5 Å². The molecule has 6 heteroatoms. The number of nitrogens with one attached hydrogen (secondary N) is 1. The lowest BCUT2D eigenvalue weighted by Gasteiger charge is -2.33. The quantitative estimate of drug-likeness (QED) is 0.595. The molecule has 1 aliphatic rings. The molecule has 0 unspecified atom stereocenters. The largest absolute Gasteiger partial charge is 0.483 e. The van der Waals surface area contributed by atoms with Crippen LogP contribution in [0.2, 0.25) is 0 Å². The van der Waals surface area contributed by atoms with Gasteiger partial charge in [0, 0.05) is 45.3 Å². The zero-order valence-corrected chi connectivity index (χ0v) is 18.5. The zero-order valence-electron chi connectivity index (χ0n) is 18.5. The number of anilines is 1. The van der Waals surface area contributed by atoms with Crippen LogP contribution in [0.1, 0.15) is 16.7 Å². The second kappa shape index (κ2) is 10.8. The first-order valence-corrected chi connectivity index (χ1v) is 11.1. The number of ether oxygens (including phenoxy) is 1. The highest BCUT2D eigenvalue weighted by Gasteiger charge is 2.15. The van der Waals surface area contributed by atoms with Crippen molar-refractivity contribution in [3.8, 4) is 5.75 Å². The number of carbonyl (C=O) groups excluding carboxylic acids is 1. The van der Waals surface area contributed by atoms with Gasteiger partial charge in [0.15, 0.2) is 6.61 Å². The van der Waals surface area contributed by atoms with Crippen LogP contribution in [0.3, 0.4) is 0 Å². The molecule has 0 saturated carbocycles. The Morgan fingerprint density at radius 2 is 1.69 bits per heavy atom. The second-order valence-electron chi connectivity index (χ2n) is 8.15. The van der Waals surface area contributed by atoms with Crippen LogP contribution in [-0.4, -0.2) is 55.6 Å². The molecule has 166 valence electrons. The maximum atomic E-state index is 12.3. The van der Waals surface area contributed by atoms with Gasteiger partial charge in [0.2, 0.25) is 0 Å². The van der Waals surface area contributed by atoms with E-state index in [9.17, 15) is 4.79 Å². The van der Waals surface area contributed by atoms with Crippen molar-refractivity contribution in [2.45, 2.75) is 13.0 Å². The Morgan fingerprint density at radius 1 is 0.938 bits per heavy atom. The van der Waals surface area contributed by atoms with Crippen molar-refractivity contribution in [1.82, 2.24) is 15.2 Å². The Hall–Kier alpha value is -3.38. The number of hydrogen-bond acceptors (Lipinski definition) is 5. The van der Waals surface area contributed by atoms with E-state index in [0.29, 0.717) is 6.54 Å². The standard InChI is InChI=1S/C26H30N4O2/c1-29-13-15-30(16-14-29)25-12-11-22(18-27-25)19-28-26(31)20-32-24-10-6-5-9-23(24)17-21-7-3-2-4-8-21/h2-12,18H,13-17,19-20H2,1H3,(H,28,31). The molecule has 0 bridgehead atoms. The fraction of sp³-hybridized carbons (Fsp3) is 0.308. The van der Waals surface area contributed by atoms with Crippen LogP contribution in [-0.2, 0) is 17.8 Å². The Bertz CT molecular complexity index is 1000. The third kappa shape index (κ3) is 6.08. The average Bonchev–Trinajstić information content (AvgIpc) is 2.84. The molecule has 2 aromatic carbocycles.